The van der Waals surface area contributed by atoms with Crippen molar-refractivity contribution in [2.75, 3.05) is 11.1 Å². The van der Waals surface area contributed by atoms with E-state index >= 15 is 0 Å². The Balaban J connectivity index is 1.55. The number of nitrogens with zero attached hydrogens (tertiary/aromatic N) is 3. The van der Waals surface area contributed by atoms with Crippen LogP contribution in [0.3, 0.4) is 0 Å². The van der Waals surface area contributed by atoms with Gasteiger partial charge in [-0.2, -0.15) is 0 Å². The molecule has 0 unspecified atom stereocenters. The molecule has 6 nitrogen and oxygen atoms in total. The number of hydrogen-bond donors (Lipinski definition) is 1. The van der Waals surface area contributed by atoms with E-state index in [0.717, 1.165) is 16.9 Å². The maximum absolute atomic E-state index is 12.4. The second kappa shape index (κ2) is 8.14. The smallest absolute Gasteiger partial charge is 0.234 e. The van der Waals surface area contributed by atoms with Crippen LogP contribution >= 0.6 is 11.8 Å². The molecule has 4 aromatic rings. The Bertz CT molecular complexity index is 1080. The Labute approximate surface area is 166 Å². The minimum Gasteiger partial charge on any atom is -0.461 e. The highest BCUT2D eigenvalue weighted by Gasteiger charge is 2.18. The number of nitrogens with one attached hydrogen (secondary N) is 1. The van der Waals surface area contributed by atoms with E-state index in [1.807, 2.05) is 78.2 Å². The molecule has 0 aliphatic heterocycles. The summed E-state index contributed by atoms with van der Waals surface area (Å²) >= 11 is 1.33. The molecule has 2 heterocycles. The van der Waals surface area contributed by atoms with Crippen LogP contribution in [0, 0.1) is 6.92 Å². The van der Waals surface area contributed by atoms with E-state index in [1.165, 1.54) is 11.8 Å². The summed E-state index contributed by atoms with van der Waals surface area (Å²) in [7, 11) is 0. The number of furan rings is 1. The predicted octanol–water partition coefficient (Wildman–Crippen LogP) is 4.57. The summed E-state index contributed by atoms with van der Waals surface area (Å²) < 4.78 is 7.39. The number of rotatable bonds is 6. The van der Waals surface area contributed by atoms with Crippen molar-refractivity contribution in [2.45, 2.75) is 12.1 Å². The molecular weight excluding hydrogens is 372 g/mol. The average molecular weight is 390 g/mol. The molecule has 7 heteroatoms. The third-order valence-electron chi connectivity index (χ3n) is 4.02. The van der Waals surface area contributed by atoms with Gasteiger partial charge in [0.15, 0.2) is 10.9 Å². The lowest BCUT2D eigenvalue weighted by Crippen LogP contribution is -2.14. The fraction of sp³-hybridized carbons (Fsp3) is 0.0952. The lowest BCUT2D eigenvalue weighted by Gasteiger charge is -2.09. The SMILES string of the molecule is Cc1cccc(NC(=O)CSc2nnc(-c3ccco3)n2-c2ccccc2)c1. The van der Waals surface area contributed by atoms with Gasteiger partial charge in [-0.15, -0.1) is 10.2 Å². The van der Waals surface area contributed by atoms with Gasteiger partial charge < -0.3 is 9.73 Å². The standard InChI is InChI=1S/C21H18N4O2S/c1-15-7-5-8-16(13-15)22-19(26)14-28-21-24-23-20(18-11-6-12-27-18)25(21)17-9-3-2-4-10-17/h2-13H,14H2,1H3,(H,22,26). The zero-order chi connectivity index (χ0) is 19.3. The first-order chi connectivity index (χ1) is 13.7. The number of anilines is 1. The lowest BCUT2D eigenvalue weighted by atomic mass is 10.2. The lowest BCUT2D eigenvalue weighted by molar-refractivity contribution is -0.113. The molecule has 2 aromatic carbocycles. The van der Waals surface area contributed by atoms with Crippen LogP contribution in [0.15, 0.2) is 82.6 Å². The summed E-state index contributed by atoms with van der Waals surface area (Å²) in [6.07, 6.45) is 1.60. The fourth-order valence-corrected chi connectivity index (χ4v) is 3.54. The molecule has 0 fully saturated rings. The van der Waals surface area contributed by atoms with Crippen molar-refractivity contribution in [3.8, 4) is 17.3 Å². The van der Waals surface area contributed by atoms with E-state index in [-0.39, 0.29) is 11.7 Å². The first-order valence-electron chi connectivity index (χ1n) is 8.75. The molecule has 140 valence electrons. The van der Waals surface area contributed by atoms with Crippen molar-refractivity contribution in [3.63, 3.8) is 0 Å². The third-order valence-corrected chi connectivity index (χ3v) is 4.95. The van der Waals surface area contributed by atoms with Crippen LogP contribution in [0.2, 0.25) is 0 Å². The van der Waals surface area contributed by atoms with Crippen LogP contribution in [0.5, 0.6) is 0 Å². The monoisotopic (exact) mass is 390 g/mol. The summed E-state index contributed by atoms with van der Waals surface area (Å²) in [6, 6.07) is 21.1. The summed E-state index contributed by atoms with van der Waals surface area (Å²) in [6.45, 7) is 1.99. The number of aryl methyl sites for hydroxylation is 1. The molecule has 28 heavy (non-hydrogen) atoms. The van der Waals surface area contributed by atoms with Gasteiger partial charge in [-0.25, -0.2) is 0 Å². The number of benzene rings is 2. The fourth-order valence-electron chi connectivity index (χ4n) is 2.79. The van der Waals surface area contributed by atoms with Crippen molar-refractivity contribution >= 4 is 23.4 Å². The van der Waals surface area contributed by atoms with Crippen LogP contribution < -0.4 is 5.32 Å². The van der Waals surface area contributed by atoms with E-state index in [9.17, 15) is 4.79 Å². The van der Waals surface area contributed by atoms with E-state index in [2.05, 4.69) is 15.5 Å². The highest BCUT2D eigenvalue weighted by molar-refractivity contribution is 7.99. The number of carbonyl (C=O) groups is 1. The molecule has 0 saturated heterocycles. The van der Waals surface area contributed by atoms with Gasteiger partial charge in [-0.05, 0) is 48.9 Å². The summed E-state index contributed by atoms with van der Waals surface area (Å²) in [5.41, 5.74) is 2.78. The second-order valence-corrected chi connectivity index (χ2v) is 7.10. The number of para-hydroxylation sites is 1. The quantitative estimate of drug-likeness (QED) is 0.488. The molecule has 0 saturated carbocycles. The van der Waals surface area contributed by atoms with Crippen molar-refractivity contribution in [1.29, 1.82) is 0 Å². The van der Waals surface area contributed by atoms with Gasteiger partial charge in [-0.1, -0.05) is 42.1 Å². The number of carbonyl (C=O) groups excluding carboxylic acids is 1. The van der Waals surface area contributed by atoms with Gasteiger partial charge in [0, 0.05) is 11.4 Å². The Morgan fingerprint density at radius 1 is 1.07 bits per heavy atom. The Morgan fingerprint density at radius 2 is 1.93 bits per heavy atom. The molecule has 4 rings (SSSR count). The van der Waals surface area contributed by atoms with Crippen LogP contribution in [-0.2, 0) is 4.79 Å². The van der Waals surface area contributed by atoms with Crippen LogP contribution in [-0.4, -0.2) is 26.4 Å². The van der Waals surface area contributed by atoms with E-state index in [0.29, 0.717) is 16.7 Å². The Kier molecular flexibility index (Phi) is 5.25. The Hall–Kier alpha value is -3.32. The topological polar surface area (TPSA) is 73.0 Å². The predicted molar refractivity (Wildman–Crippen MR) is 110 cm³/mol. The molecule has 1 N–H and O–H groups in total. The first-order valence-corrected chi connectivity index (χ1v) is 9.73. The molecule has 0 atom stereocenters. The van der Waals surface area contributed by atoms with Crippen LogP contribution in [0.1, 0.15) is 5.56 Å². The number of amides is 1. The number of hydrogen-bond acceptors (Lipinski definition) is 5. The molecule has 2 aromatic heterocycles. The highest BCUT2D eigenvalue weighted by atomic mass is 32.2. The van der Waals surface area contributed by atoms with Crippen molar-refractivity contribution < 1.29 is 9.21 Å². The minimum absolute atomic E-state index is 0.0993. The van der Waals surface area contributed by atoms with Gasteiger partial charge >= 0.3 is 0 Å². The zero-order valence-corrected chi connectivity index (χ0v) is 16.0. The van der Waals surface area contributed by atoms with Gasteiger partial charge in [0.1, 0.15) is 0 Å². The van der Waals surface area contributed by atoms with Crippen molar-refractivity contribution in [1.82, 2.24) is 14.8 Å². The second-order valence-electron chi connectivity index (χ2n) is 6.16. The Morgan fingerprint density at radius 3 is 2.68 bits per heavy atom. The zero-order valence-electron chi connectivity index (χ0n) is 15.2. The first kappa shape index (κ1) is 18.1. The third kappa shape index (κ3) is 3.99. The molecule has 0 spiro atoms. The largest absolute Gasteiger partial charge is 0.461 e. The number of thioether (sulfide) groups is 1. The summed E-state index contributed by atoms with van der Waals surface area (Å²) in [4.78, 5) is 12.4. The van der Waals surface area contributed by atoms with E-state index < -0.39 is 0 Å². The van der Waals surface area contributed by atoms with Gasteiger partial charge in [0.2, 0.25) is 11.7 Å². The van der Waals surface area contributed by atoms with Crippen molar-refractivity contribution in [2.24, 2.45) is 0 Å². The molecule has 1 amide bonds. The van der Waals surface area contributed by atoms with Crippen LogP contribution in [0.4, 0.5) is 5.69 Å². The highest BCUT2D eigenvalue weighted by Crippen LogP contribution is 2.28. The normalized spacial score (nSPS) is 10.8. The number of aromatic nitrogens is 3. The molecule has 0 radical (unpaired) electrons. The minimum atomic E-state index is -0.0993. The van der Waals surface area contributed by atoms with Crippen LogP contribution in [0.25, 0.3) is 17.3 Å². The van der Waals surface area contributed by atoms with E-state index in [1.54, 1.807) is 6.26 Å². The van der Waals surface area contributed by atoms with Crippen molar-refractivity contribution in [3.05, 3.63) is 78.6 Å². The molecule has 0 aliphatic carbocycles. The molecule has 0 bridgehead atoms. The molecule has 0 aliphatic rings. The van der Waals surface area contributed by atoms with E-state index in [4.69, 9.17) is 4.42 Å². The summed E-state index contributed by atoms with van der Waals surface area (Å²) in [5, 5.41) is 12.1. The van der Waals surface area contributed by atoms with Gasteiger partial charge in [0.05, 0.1) is 12.0 Å². The maximum atomic E-state index is 12.4. The average Bonchev–Trinajstić information content (AvgIpc) is 3.36. The summed E-state index contributed by atoms with van der Waals surface area (Å²) in [5.74, 6) is 1.33. The maximum Gasteiger partial charge on any atom is 0.234 e. The van der Waals surface area contributed by atoms with Gasteiger partial charge in [0.25, 0.3) is 0 Å². The molecular formula is C21H18N4O2S. The van der Waals surface area contributed by atoms with Gasteiger partial charge in [-0.3, -0.25) is 9.36 Å².